The summed E-state index contributed by atoms with van der Waals surface area (Å²) in [4.78, 5) is 2.78. The third kappa shape index (κ3) is 2.85. The third-order valence-electron chi connectivity index (χ3n) is 6.25. The van der Waals surface area contributed by atoms with Crippen molar-refractivity contribution < 1.29 is 0 Å². The van der Waals surface area contributed by atoms with Gasteiger partial charge in [-0.3, -0.25) is 4.90 Å². The van der Waals surface area contributed by atoms with Crippen LogP contribution in [-0.4, -0.2) is 30.1 Å². The zero-order chi connectivity index (χ0) is 14.1. The van der Waals surface area contributed by atoms with Gasteiger partial charge in [-0.2, -0.15) is 0 Å². The van der Waals surface area contributed by atoms with E-state index < -0.39 is 0 Å². The standard InChI is InChI=1S/C17H34N2/c1-5-16(6-2)7-8-19(13-16)17(12-18)10-14(3)9-15(4)11-17/h14-15H,5-13,18H2,1-4H3. The first kappa shape index (κ1) is 15.3. The number of nitrogens with zero attached hydrogens (tertiary/aromatic N) is 1. The van der Waals surface area contributed by atoms with Gasteiger partial charge in [0, 0.05) is 18.6 Å². The topological polar surface area (TPSA) is 29.3 Å². The number of hydrogen-bond acceptors (Lipinski definition) is 2. The summed E-state index contributed by atoms with van der Waals surface area (Å²) in [6, 6.07) is 0. The van der Waals surface area contributed by atoms with E-state index in [0.29, 0.717) is 11.0 Å². The molecule has 2 aliphatic rings. The van der Waals surface area contributed by atoms with Crippen LogP contribution in [0, 0.1) is 17.3 Å². The largest absolute Gasteiger partial charge is 0.329 e. The minimum atomic E-state index is 0.309. The predicted octanol–water partition coefficient (Wildman–Crippen LogP) is 3.65. The Balaban J connectivity index is 2.14. The van der Waals surface area contributed by atoms with Crippen LogP contribution in [0.2, 0.25) is 0 Å². The molecule has 0 aromatic rings. The van der Waals surface area contributed by atoms with Gasteiger partial charge in [0.15, 0.2) is 0 Å². The highest BCUT2D eigenvalue weighted by molar-refractivity contribution is 5.02. The zero-order valence-corrected chi connectivity index (χ0v) is 13.5. The molecule has 0 spiro atoms. The van der Waals surface area contributed by atoms with Crippen LogP contribution >= 0.6 is 0 Å². The van der Waals surface area contributed by atoms with Gasteiger partial charge >= 0.3 is 0 Å². The minimum Gasteiger partial charge on any atom is -0.329 e. The van der Waals surface area contributed by atoms with E-state index >= 15 is 0 Å². The molecule has 1 aliphatic carbocycles. The lowest BCUT2D eigenvalue weighted by Crippen LogP contribution is -2.57. The van der Waals surface area contributed by atoms with E-state index in [9.17, 15) is 0 Å². The van der Waals surface area contributed by atoms with Crippen LogP contribution in [0.1, 0.15) is 66.2 Å². The Labute approximate surface area is 120 Å². The second kappa shape index (κ2) is 5.73. The molecular formula is C17H34N2. The molecule has 0 aromatic heterocycles. The van der Waals surface area contributed by atoms with Crippen molar-refractivity contribution in [3.63, 3.8) is 0 Å². The molecule has 2 atom stereocenters. The monoisotopic (exact) mass is 266 g/mol. The molecular weight excluding hydrogens is 232 g/mol. The van der Waals surface area contributed by atoms with Gasteiger partial charge in [-0.15, -0.1) is 0 Å². The molecule has 0 amide bonds. The smallest absolute Gasteiger partial charge is 0.0337 e. The van der Waals surface area contributed by atoms with E-state index in [0.717, 1.165) is 18.4 Å². The van der Waals surface area contributed by atoms with Crippen LogP contribution in [0.5, 0.6) is 0 Å². The van der Waals surface area contributed by atoms with Crippen molar-refractivity contribution in [3.05, 3.63) is 0 Å². The molecule has 0 radical (unpaired) electrons. The molecule has 2 rings (SSSR count). The maximum absolute atomic E-state index is 6.27. The lowest BCUT2D eigenvalue weighted by Gasteiger charge is -2.49. The lowest BCUT2D eigenvalue weighted by molar-refractivity contribution is 0.0273. The van der Waals surface area contributed by atoms with Crippen LogP contribution in [0.4, 0.5) is 0 Å². The van der Waals surface area contributed by atoms with Gasteiger partial charge in [0.25, 0.3) is 0 Å². The fourth-order valence-corrected chi connectivity index (χ4v) is 4.96. The molecule has 1 heterocycles. The van der Waals surface area contributed by atoms with Crippen molar-refractivity contribution >= 4 is 0 Å². The maximum atomic E-state index is 6.27. The van der Waals surface area contributed by atoms with Crippen molar-refractivity contribution in [1.29, 1.82) is 0 Å². The summed E-state index contributed by atoms with van der Waals surface area (Å²) in [5.74, 6) is 1.68. The Hall–Kier alpha value is -0.0800. The van der Waals surface area contributed by atoms with E-state index in [1.165, 1.54) is 51.6 Å². The second-order valence-corrected chi connectivity index (χ2v) is 7.66. The zero-order valence-electron chi connectivity index (χ0n) is 13.5. The van der Waals surface area contributed by atoms with E-state index in [2.05, 4.69) is 32.6 Å². The summed E-state index contributed by atoms with van der Waals surface area (Å²) in [6.45, 7) is 13.0. The van der Waals surface area contributed by atoms with Gasteiger partial charge in [0.1, 0.15) is 0 Å². The summed E-state index contributed by atoms with van der Waals surface area (Å²) < 4.78 is 0. The van der Waals surface area contributed by atoms with Gasteiger partial charge in [-0.05, 0) is 62.3 Å². The number of likely N-dealkylation sites (tertiary alicyclic amines) is 1. The Bertz CT molecular complexity index is 286. The minimum absolute atomic E-state index is 0.309. The fourth-order valence-electron chi connectivity index (χ4n) is 4.96. The first-order valence-corrected chi connectivity index (χ1v) is 8.44. The molecule has 2 nitrogen and oxygen atoms in total. The third-order valence-corrected chi connectivity index (χ3v) is 6.25. The average Bonchev–Trinajstić information content (AvgIpc) is 2.83. The van der Waals surface area contributed by atoms with Gasteiger partial charge in [0.2, 0.25) is 0 Å². The molecule has 0 bridgehead atoms. The molecule has 2 fully saturated rings. The molecule has 0 aromatic carbocycles. The maximum Gasteiger partial charge on any atom is 0.0337 e. The summed E-state index contributed by atoms with van der Waals surface area (Å²) in [5, 5.41) is 0. The van der Waals surface area contributed by atoms with Crippen LogP contribution < -0.4 is 5.73 Å². The number of hydrogen-bond donors (Lipinski definition) is 1. The van der Waals surface area contributed by atoms with E-state index in [1.54, 1.807) is 0 Å². The summed E-state index contributed by atoms with van der Waals surface area (Å²) in [6.07, 6.45) is 8.05. The molecule has 112 valence electrons. The fraction of sp³-hybridized carbons (Fsp3) is 1.00. The van der Waals surface area contributed by atoms with E-state index in [-0.39, 0.29) is 0 Å². The van der Waals surface area contributed by atoms with Crippen LogP contribution in [0.15, 0.2) is 0 Å². The normalized spacial score (nSPS) is 39.6. The first-order valence-electron chi connectivity index (χ1n) is 8.44. The lowest BCUT2D eigenvalue weighted by atomic mass is 9.70. The Morgan fingerprint density at radius 1 is 1.11 bits per heavy atom. The highest BCUT2D eigenvalue weighted by Crippen LogP contribution is 2.45. The average molecular weight is 266 g/mol. The molecule has 2 heteroatoms. The van der Waals surface area contributed by atoms with Crippen LogP contribution in [0.25, 0.3) is 0 Å². The van der Waals surface area contributed by atoms with Crippen LogP contribution in [-0.2, 0) is 0 Å². The second-order valence-electron chi connectivity index (χ2n) is 7.66. The van der Waals surface area contributed by atoms with Crippen molar-refractivity contribution in [3.8, 4) is 0 Å². The van der Waals surface area contributed by atoms with Gasteiger partial charge in [-0.25, -0.2) is 0 Å². The van der Waals surface area contributed by atoms with Crippen molar-refractivity contribution in [1.82, 2.24) is 4.90 Å². The van der Waals surface area contributed by atoms with E-state index in [1.807, 2.05) is 0 Å². The van der Waals surface area contributed by atoms with Gasteiger partial charge in [0.05, 0.1) is 0 Å². The summed E-state index contributed by atoms with van der Waals surface area (Å²) >= 11 is 0. The van der Waals surface area contributed by atoms with Crippen molar-refractivity contribution in [2.45, 2.75) is 71.8 Å². The molecule has 1 saturated heterocycles. The van der Waals surface area contributed by atoms with Crippen molar-refractivity contribution in [2.75, 3.05) is 19.6 Å². The Morgan fingerprint density at radius 3 is 2.11 bits per heavy atom. The molecule has 1 saturated carbocycles. The Kier molecular flexibility index (Phi) is 4.62. The van der Waals surface area contributed by atoms with Gasteiger partial charge in [-0.1, -0.05) is 27.7 Å². The highest BCUT2D eigenvalue weighted by Gasteiger charge is 2.47. The van der Waals surface area contributed by atoms with Gasteiger partial charge < -0.3 is 5.73 Å². The Morgan fingerprint density at radius 2 is 1.68 bits per heavy atom. The number of rotatable bonds is 4. The molecule has 19 heavy (non-hydrogen) atoms. The molecule has 2 unspecified atom stereocenters. The molecule has 2 N–H and O–H groups in total. The SMILES string of the molecule is CCC1(CC)CCN(C2(CN)CC(C)CC(C)C2)C1. The highest BCUT2D eigenvalue weighted by atomic mass is 15.2. The summed E-state index contributed by atoms with van der Waals surface area (Å²) in [7, 11) is 0. The first-order chi connectivity index (χ1) is 8.99. The summed E-state index contributed by atoms with van der Waals surface area (Å²) in [5.41, 5.74) is 7.16. The quantitative estimate of drug-likeness (QED) is 0.841. The molecule has 1 aliphatic heterocycles. The van der Waals surface area contributed by atoms with Crippen molar-refractivity contribution in [2.24, 2.45) is 23.0 Å². The van der Waals surface area contributed by atoms with E-state index in [4.69, 9.17) is 5.73 Å². The van der Waals surface area contributed by atoms with Crippen LogP contribution in [0.3, 0.4) is 0 Å². The predicted molar refractivity (Wildman–Crippen MR) is 83.2 cm³/mol. The number of nitrogens with two attached hydrogens (primary N) is 1.